The lowest BCUT2D eigenvalue weighted by atomic mass is 11.0. The molecule has 0 N–H and O–H groups in total. The minimum Gasteiger partial charge on any atom is -0.458 e. The molecular formula is C7H20OSi2. The summed E-state index contributed by atoms with van der Waals surface area (Å²) in [5.41, 5.74) is 0. The van der Waals surface area contributed by atoms with Crippen molar-refractivity contribution in [3.8, 4) is 0 Å². The molecule has 3 heteroatoms. The quantitative estimate of drug-likeness (QED) is 0.598. The molecule has 0 unspecified atom stereocenters. The fourth-order valence-corrected chi connectivity index (χ4v) is 6.87. The minimum absolute atomic E-state index is 0.755. The van der Waals surface area contributed by atoms with E-state index in [-0.39, 0.29) is 0 Å². The van der Waals surface area contributed by atoms with Crippen molar-refractivity contribution in [1.29, 1.82) is 0 Å². The molecular weight excluding hydrogens is 156 g/mol. The lowest BCUT2D eigenvalue weighted by molar-refractivity contribution is 0.568. The highest BCUT2D eigenvalue weighted by Crippen LogP contribution is 2.09. The molecule has 0 aromatic rings. The molecule has 0 aromatic carbocycles. The SMILES string of the molecule is CC[SiH](CC)O[Si](C)(C)C. The van der Waals surface area contributed by atoms with Crippen molar-refractivity contribution in [2.45, 2.75) is 45.6 Å². The third-order valence-corrected chi connectivity index (χ3v) is 7.41. The fourth-order valence-electron chi connectivity index (χ4n) is 0.955. The van der Waals surface area contributed by atoms with Gasteiger partial charge in [-0.1, -0.05) is 13.8 Å². The van der Waals surface area contributed by atoms with Crippen molar-refractivity contribution >= 4 is 17.4 Å². The molecule has 10 heavy (non-hydrogen) atoms. The predicted molar refractivity (Wildman–Crippen MR) is 52.5 cm³/mol. The van der Waals surface area contributed by atoms with Gasteiger partial charge in [0.25, 0.3) is 0 Å². The molecule has 0 radical (unpaired) electrons. The van der Waals surface area contributed by atoms with E-state index in [1.165, 1.54) is 12.1 Å². The zero-order valence-electron chi connectivity index (χ0n) is 7.90. The van der Waals surface area contributed by atoms with Crippen molar-refractivity contribution in [1.82, 2.24) is 0 Å². The van der Waals surface area contributed by atoms with E-state index >= 15 is 0 Å². The summed E-state index contributed by atoms with van der Waals surface area (Å²) in [4.78, 5) is 0. The average Bonchev–Trinajstić information content (AvgIpc) is 1.81. The van der Waals surface area contributed by atoms with Crippen LogP contribution in [0.3, 0.4) is 0 Å². The van der Waals surface area contributed by atoms with Crippen LogP contribution in [0.4, 0.5) is 0 Å². The molecule has 0 amide bonds. The lowest BCUT2D eigenvalue weighted by Gasteiger charge is -2.23. The first-order chi connectivity index (χ1) is 4.49. The monoisotopic (exact) mass is 176 g/mol. The summed E-state index contributed by atoms with van der Waals surface area (Å²) in [5, 5.41) is 0. The molecule has 0 aliphatic carbocycles. The Kier molecular flexibility index (Phi) is 4.48. The Hall–Kier alpha value is 0.394. The van der Waals surface area contributed by atoms with Gasteiger partial charge in [0.1, 0.15) is 0 Å². The van der Waals surface area contributed by atoms with E-state index < -0.39 is 17.4 Å². The Bertz CT molecular complexity index is 84.1. The van der Waals surface area contributed by atoms with Gasteiger partial charge in [0.2, 0.25) is 0 Å². The van der Waals surface area contributed by atoms with Gasteiger partial charge in [-0.05, 0) is 31.7 Å². The molecule has 0 bridgehead atoms. The van der Waals surface area contributed by atoms with Gasteiger partial charge in [-0.25, -0.2) is 0 Å². The van der Waals surface area contributed by atoms with Crippen LogP contribution in [0.15, 0.2) is 0 Å². The summed E-state index contributed by atoms with van der Waals surface area (Å²) in [6.45, 7) is 11.3. The van der Waals surface area contributed by atoms with E-state index in [0.29, 0.717) is 0 Å². The third kappa shape index (κ3) is 5.20. The summed E-state index contributed by atoms with van der Waals surface area (Å²) in [5.74, 6) is 0. The summed E-state index contributed by atoms with van der Waals surface area (Å²) in [7, 11) is -1.96. The third-order valence-electron chi connectivity index (χ3n) is 1.43. The fraction of sp³-hybridized carbons (Fsp3) is 1.00. The largest absolute Gasteiger partial charge is 0.458 e. The van der Waals surface area contributed by atoms with E-state index in [4.69, 9.17) is 4.12 Å². The van der Waals surface area contributed by atoms with Crippen LogP contribution < -0.4 is 0 Å². The summed E-state index contributed by atoms with van der Waals surface area (Å²) in [6.07, 6.45) is 0. The Morgan fingerprint density at radius 3 is 1.60 bits per heavy atom. The second kappa shape index (κ2) is 4.31. The second-order valence-electron chi connectivity index (χ2n) is 3.67. The number of hydrogen-bond acceptors (Lipinski definition) is 1. The molecule has 0 aliphatic heterocycles. The predicted octanol–water partition coefficient (Wildman–Crippen LogP) is 2.60. The minimum atomic E-state index is -1.20. The van der Waals surface area contributed by atoms with E-state index in [1.54, 1.807) is 0 Å². The molecule has 0 atom stereocenters. The molecule has 0 spiro atoms. The maximum Gasteiger partial charge on any atom is 0.170 e. The first-order valence-electron chi connectivity index (χ1n) is 4.17. The maximum absolute atomic E-state index is 6.01. The van der Waals surface area contributed by atoms with Gasteiger partial charge in [-0.2, -0.15) is 0 Å². The standard InChI is InChI=1S/C7H20OSi2/c1-6-9(7-2)8-10(3,4)5/h9H,6-7H2,1-5H3. The van der Waals surface area contributed by atoms with Crippen LogP contribution in [-0.2, 0) is 4.12 Å². The maximum atomic E-state index is 6.01. The Morgan fingerprint density at radius 1 is 1.10 bits per heavy atom. The summed E-state index contributed by atoms with van der Waals surface area (Å²) >= 11 is 0. The first kappa shape index (κ1) is 10.4. The van der Waals surface area contributed by atoms with Crippen LogP contribution in [0.2, 0.25) is 31.7 Å². The van der Waals surface area contributed by atoms with E-state index in [9.17, 15) is 0 Å². The van der Waals surface area contributed by atoms with Gasteiger partial charge in [-0.15, -0.1) is 0 Å². The summed E-state index contributed by atoms with van der Waals surface area (Å²) in [6, 6.07) is 2.58. The Balaban J connectivity index is 3.63. The first-order valence-corrected chi connectivity index (χ1v) is 9.68. The van der Waals surface area contributed by atoms with Crippen LogP contribution in [0.5, 0.6) is 0 Å². The number of hydrogen-bond donors (Lipinski definition) is 0. The lowest BCUT2D eigenvalue weighted by Crippen LogP contribution is -2.33. The highest BCUT2D eigenvalue weighted by molar-refractivity contribution is 6.77. The molecule has 0 aromatic heterocycles. The highest BCUT2D eigenvalue weighted by Gasteiger charge is 2.18. The highest BCUT2D eigenvalue weighted by atomic mass is 28.4. The number of rotatable bonds is 4. The van der Waals surface area contributed by atoms with Crippen LogP contribution in [0.25, 0.3) is 0 Å². The molecule has 62 valence electrons. The van der Waals surface area contributed by atoms with Crippen molar-refractivity contribution in [2.75, 3.05) is 0 Å². The molecule has 0 saturated carbocycles. The van der Waals surface area contributed by atoms with Gasteiger partial charge in [0.15, 0.2) is 17.4 Å². The average molecular weight is 176 g/mol. The molecule has 0 rings (SSSR count). The zero-order valence-corrected chi connectivity index (χ0v) is 10.1. The van der Waals surface area contributed by atoms with Gasteiger partial charge in [0, 0.05) is 0 Å². The van der Waals surface area contributed by atoms with Crippen molar-refractivity contribution in [3.63, 3.8) is 0 Å². The Morgan fingerprint density at radius 2 is 1.50 bits per heavy atom. The van der Waals surface area contributed by atoms with Crippen molar-refractivity contribution in [2.24, 2.45) is 0 Å². The normalized spacial score (nSPS) is 12.6. The van der Waals surface area contributed by atoms with E-state index in [2.05, 4.69) is 33.5 Å². The van der Waals surface area contributed by atoms with Crippen LogP contribution in [0, 0.1) is 0 Å². The second-order valence-corrected chi connectivity index (χ2v) is 11.7. The van der Waals surface area contributed by atoms with Crippen LogP contribution in [0.1, 0.15) is 13.8 Å². The molecule has 0 aliphatic rings. The van der Waals surface area contributed by atoms with Gasteiger partial charge in [-0.3, -0.25) is 0 Å². The molecule has 0 heterocycles. The summed E-state index contributed by atoms with van der Waals surface area (Å²) < 4.78 is 6.01. The van der Waals surface area contributed by atoms with E-state index in [0.717, 1.165) is 0 Å². The molecule has 0 fully saturated rings. The van der Waals surface area contributed by atoms with Crippen LogP contribution in [-0.4, -0.2) is 17.4 Å². The Labute approximate surface area is 67.6 Å². The molecule has 0 saturated heterocycles. The van der Waals surface area contributed by atoms with Crippen LogP contribution >= 0.6 is 0 Å². The topological polar surface area (TPSA) is 9.23 Å². The van der Waals surface area contributed by atoms with Gasteiger partial charge < -0.3 is 4.12 Å². The molecule has 1 nitrogen and oxygen atoms in total. The zero-order chi connectivity index (χ0) is 8.20. The van der Waals surface area contributed by atoms with Crippen molar-refractivity contribution in [3.05, 3.63) is 0 Å². The van der Waals surface area contributed by atoms with Gasteiger partial charge >= 0.3 is 0 Å². The van der Waals surface area contributed by atoms with E-state index in [1.807, 2.05) is 0 Å². The smallest absolute Gasteiger partial charge is 0.170 e. The van der Waals surface area contributed by atoms with Crippen molar-refractivity contribution < 1.29 is 4.12 Å². The van der Waals surface area contributed by atoms with Gasteiger partial charge in [0.05, 0.1) is 0 Å².